The van der Waals surface area contributed by atoms with Crippen LogP contribution in [0.3, 0.4) is 0 Å². The molecule has 1 aliphatic rings. The molecule has 0 aromatic carbocycles. The minimum absolute atomic E-state index is 0.411. The highest BCUT2D eigenvalue weighted by atomic mass is 32.2. The summed E-state index contributed by atoms with van der Waals surface area (Å²) in [6, 6.07) is 0. The van der Waals surface area contributed by atoms with Crippen molar-refractivity contribution in [2.24, 2.45) is 0 Å². The van der Waals surface area contributed by atoms with E-state index in [0.717, 1.165) is 0 Å². The maximum atomic E-state index is 4.41. The highest BCUT2D eigenvalue weighted by Gasteiger charge is 2.38. The molecule has 42 valence electrons. The molecule has 0 amide bonds. The van der Waals surface area contributed by atoms with Crippen LogP contribution in [-0.4, -0.2) is 9.83 Å². The van der Waals surface area contributed by atoms with Crippen molar-refractivity contribution in [1.29, 1.82) is 0 Å². The first-order valence-electron chi connectivity index (χ1n) is 2.63. The zero-order chi connectivity index (χ0) is 5.33. The molecule has 0 unspecified atom stereocenters. The smallest absolute Gasteiger partial charge is 0.0583 e. The zero-order valence-corrected chi connectivity index (χ0v) is 6.19. The Bertz CT molecular complexity index is 66.5. The summed E-state index contributed by atoms with van der Waals surface area (Å²) in [5.74, 6) is 1.21. The summed E-state index contributed by atoms with van der Waals surface area (Å²) >= 11 is 6.37. The molecule has 1 fully saturated rings. The minimum Gasteiger partial charge on any atom is -0.162 e. The molecule has 0 spiro atoms. The standard InChI is InChI=1S/C5H10S2/c1-2-7-5(6)3-4-5/h6H,2-4H2,1H3. The van der Waals surface area contributed by atoms with E-state index in [1.807, 2.05) is 11.8 Å². The third-order valence-electron chi connectivity index (χ3n) is 1.09. The molecule has 0 saturated heterocycles. The predicted molar refractivity (Wildman–Crippen MR) is 39.1 cm³/mol. The lowest BCUT2D eigenvalue weighted by Gasteiger charge is -2.00. The summed E-state index contributed by atoms with van der Waals surface area (Å²) in [5, 5.41) is 0. The van der Waals surface area contributed by atoms with Crippen LogP contribution in [0.1, 0.15) is 19.8 Å². The Kier molecular flexibility index (Phi) is 1.58. The van der Waals surface area contributed by atoms with Crippen molar-refractivity contribution in [3.8, 4) is 0 Å². The van der Waals surface area contributed by atoms with Crippen molar-refractivity contribution in [2.75, 3.05) is 5.75 Å². The average Bonchev–Trinajstić information content (AvgIpc) is 2.22. The zero-order valence-electron chi connectivity index (χ0n) is 4.48. The summed E-state index contributed by atoms with van der Waals surface area (Å²) in [6.07, 6.45) is 2.63. The lowest BCUT2D eigenvalue weighted by molar-refractivity contribution is 1.38. The van der Waals surface area contributed by atoms with Crippen LogP contribution in [0.4, 0.5) is 0 Å². The number of rotatable bonds is 2. The molecule has 1 rings (SSSR count). The third kappa shape index (κ3) is 1.57. The lowest BCUT2D eigenvalue weighted by Crippen LogP contribution is -1.87. The van der Waals surface area contributed by atoms with Crippen molar-refractivity contribution in [1.82, 2.24) is 0 Å². The molecule has 0 radical (unpaired) electrons. The maximum Gasteiger partial charge on any atom is 0.0583 e. The molecular weight excluding hydrogens is 124 g/mol. The average molecular weight is 134 g/mol. The second-order valence-electron chi connectivity index (χ2n) is 1.88. The summed E-state index contributed by atoms with van der Waals surface area (Å²) < 4.78 is 0.411. The molecule has 0 aromatic heterocycles. The van der Waals surface area contributed by atoms with E-state index in [4.69, 9.17) is 0 Å². The molecule has 0 atom stereocenters. The number of thiol groups is 1. The maximum absolute atomic E-state index is 4.41. The van der Waals surface area contributed by atoms with Crippen molar-refractivity contribution >= 4 is 24.4 Å². The van der Waals surface area contributed by atoms with Gasteiger partial charge in [-0.3, -0.25) is 0 Å². The molecule has 1 saturated carbocycles. The van der Waals surface area contributed by atoms with Crippen molar-refractivity contribution in [2.45, 2.75) is 23.8 Å². The van der Waals surface area contributed by atoms with Gasteiger partial charge in [0, 0.05) is 0 Å². The van der Waals surface area contributed by atoms with Crippen molar-refractivity contribution < 1.29 is 0 Å². The number of thioether (sulfide) groups is 1. The normalized spacial score (nSPS) is 24.9. The van der Waals surface area contributed by atoms with E-state index in [1.165, 1.54) is 18.6 Å². The van der Waals surface area contributed by atoms with Crippen LogP contribution in [0.25, 0.3) is 0 Å². The Balaban J connectivity index is 2.13. The predicted octanol–water partition coefficient (Wildman–Crippen LogP) is 2.16. The van der Waals surface area contributed by atoms with E-state index >= 15 is 0 Å². The molecule has 0 heterocycles. The van der Waals surface area contributed by atoms with Crippen LogP contribution >= 0.6 is 24.4 Å². The van der Waals surface area contributed by atoms with E-state index in [1.54, 1.807) is 0 Å². The quantitative estimate of drug-likeness (QED) is 0.446. The van der Waals surface area contributed by atoms with Gasteiger partial charge in [-0.05, 0) is 18.6 Å². The molecule has 7 heavy (non-hydrogen) atoms. The molecule has 0 aromatic rings. The Morgan fingerprint density at radius 2 is 2.29 bits per heavy atom. The molecular formula is C5H10S2. The second-order valence-corrected chi connectivity index (χ2v) is 4.69. The Morgan fingerprint density at radius 1 is 1.71 bits per heavy atom. The highest BCUT2D eigenvalue weighted by molar-refractivity contribution is 8.11. The largest absolute Gasteiger partial charge is 0.162 e. The van der Waals surface area contributed by atoms with Gasteiger partial charge in [-0.15, -0.1) is 11.8 Å². The molecule has 0 bridgehead atoms. The topological polar surface area (TPSA) is 0 Å². The van der Waals surface area contributed by atoms with Gasteiger partial charge in [0.25, 0.3) is 0 Å². The first kappa shape index (κ1) is 5.83. The van der Waals surface area contributed by atoms with Crippen LogP contribution < -0.4 is 0 Å². The van der Waals surface area contributed by atoms with Gasteiger partial charge in [-0.1, -0.05) is 6.92 Å². The lowest BCUT2D eigenvalue weighted by atomic mass is 10.9. The number of hydrogen-bond acceptors (Lipinski definition) is 2. The van der Waals surface area contributed by atoms with Crippen molar-refractivity contribution in [3.63, 3.8) is 0 Å². The van der Waals surface area contributed by atoms with Gasteiger partial charge in [-0.25, -0.2) is 0 Å². The third-order valence-corrected chi connectivity index (χ3v) is 3.16. The molecule has 1 aliphatic carbocycles. The molecule has 0 aliphatic heterocycles. The monoisotopic (exact) mass is 134 g/mol. The van der Waals surface area contributed by atoms with E-state index in [9.17, 15) is 0 Å². The fraction of sp³-hybridized carbons (Fsp3) is 1.00. The second kappa shape index (κ2) is 1.90. The van der Waals surface area contributed by atoms with Crippen LogP contribution in [0.5, 0.6) is 0 Å². The Labute approximate surface area is 54.5 Å². The fourth-order valence-electron chi connectivity index (χ4n) is 0.520. The van der Waals surface area contributed by atoms with Gasteiger partial charge in [0.1, 0.15) is 0 Å². The Hall–Kier alpha value is 0.700. The van der Waals surface area contributed by atoms with Gasteiger partial charge in [-0.2, -0.15) is 12.6 Å². The van der Waals surface area contributed by atoms with Crippen LogP contribution in [0.15, 0.2) is 0 Å². The summed E-state index contributed by atoms with van der Waals surface area (Å²) in [4.78, 5) is 0. The van der Waals surface area contributed by atoms with Gasteiger partial charge < -0.3 is 0 Å². The van der Waals surface area contributed by atoms with Crippen molar-refractivity contribution in [3.05, 3.63) is 0 Å². The Morgan fingerprint density at radius 3 is 2.43 bits per heavy atom. The van der Waals surface area contributed by atoms with E-state index < -0.39 is 0 Å². The van der Waals surface area contributed by atoms with E-state index in [-0.39, 0.29) is 0 Å². The van der Waals surface area contributed by atoms with Gasteiger partial charge >= 0.3 is 0 Å². The summed E-state index contributed by atoms with van der Waals surface area (Å²) in [5.41, 5.74) is 0. The molecule has 2 heteroatoms. The molecule has 0 nitrogen and oxygen atoms in total. The molecule has 0 N–H and O–H groups in total. The van der Waals surface area contributed by atoms with Gasteiger partial charge in [0.05, 0.1) is 4.08 Å². The van der Waals surface area contributed by atoms with Crippen LogP contribution in [0.2, 0.25) is 0 Å². The van der Waals surface area contributed by atoms with Crippen LogP contribution in [0, 0.1) is 0 Å². The minimum atomic E-state index is 0.411. The SMILES string of the molecule is CCSC1(S)CC1. The first-order chi connectivity index (χ1) is 3.27. The first-order valence-corrected chi connectivity index (χ1v) is 4.06. The van der Waals surface area contributed by atoms with Gasteiger partial charge in [0.2, 0.25) is 0 Å². The van der Waals surface area contributed by atoms with E-state index in [0.29, 0.717) is 4.08 Å². The van der Waals surface area contributed by atoms with Crippen LogP contribution in [-0.2, 0) is 0 Å². The summed E-state index contributed by atoms with van der Waals surface area (Å²) in [7, 11) is 0. The van der Waals surface area contributed by atoms with E-state index in [2.05, 4.69) is 19.6 Å². The number of hydrogen-bond donors (Lipinski definition) is 1. The highest BCUT2D eigenvalue weighted by Crippen LogP contribution is 2.51. The fourth-order valence-corrected chi connectivity index (χ4v) is 1.95. The van der Waals surface area contributed by atoms with Gasteiger partial charge in [0.15, 0.2) is 0 Å². The summed E-state index contributed by atoms with van der Waals surface area (Å²) in [6.45, 7) is 2.18.